The monoisotopic (exact) mass is 418 g/mol. The molecule has 0 aliphatic rings. The zero-order valence-electron chi connectivity index (χ0n) is 15.1. The van der Waals surface area contributed by atoms with Crippen LogP contribution in [0.15, 0.2) is 46.4 Å². The third-order valence-corrected chi connectivity index (χ3v) is 5.00. The van der Waals surface area contributed by atoms with Crippen molar-refractivity contribution in [1.29, 1.82) is 0 Å². The SMILES string of the molecule is Cc1ccc(Cl)cc1Nc1nc(C(=O)N(CCC(N)=O)Cc2ccco2)cs1. The second-order valence-electron chi connectivity index (χ2n) is 6.14. The Bertz CT molecular complexity index is 971. The van der Waals surface area contributed by atoms with E-state index in [2.05, 4.69) is 10.3 Å². The van der Waals surface area contributed by atoms with Crippen LogP contribution in [0.5, 0.6) is 0 Å². The summed E-state index contributed by atoms with van der Waals surface area (Å²) in [5, 5.41) is 6.03. The average molecular weight is 419 g/mol. The minimum Gasteiger partial charge on any atom is -0.467 e. The topological polar surface area (TPSA) is 101 Å². The number of furan rings is 1. The molecule has 0 spiro atoms. The van der Waals surface area contributed by atoms with E-state index in [1.807, 2.05) is 19.1 Å². The summed E-state index contributed by atoms with van der Waals surface area (Å²) in [6, 6.07) is 9.02. The zero-order chi connectivity index (χ0) is 20.1. The molecule has 0 atom stereocenters. The molecule has 0 fully saturated rings. The number of hydrogen-bond acceptors (Lipinski definition) is 6. The van der Waals surface area contributed by atoms with E-state index >= 15 is 0 Å². The number of rotatable bonds is 8. The molecule has 28 heavy (non-hydrogen) atoms. The number of carbonyl (C=O) groups excluding carboxylic acids is 2. The van der Waals surface area contributed by atoms with E-state index in [1.165, 1.54) is 22.5 Å². The van der Waals surface area contributed by atoms with Crippen LogP contribution >= 0.6 is 22.9 Å². The van der Waals surface area contributed by atoms with Crippen LogP contribution in [-0.2, 0) is 11.3 Å². The molecule has 3 rings (SSSR count). The fourth-order valence-electron chi connectivity index (χ4n) is 2.52. The van der Waals surface area contributed by atoms with Crippen LogP contribution in [0.4, 0.5) is 10.8 Å². The van der Waals surface area contributed by atoms with Crippen LogP contribution in [0.25, 0.3) is 0 Å². The van der Waals surface area contributed by atoms with E-state index in [4.69, 9.17) is 21.8 Å². The third kappa shape index (κ3) is 5.11. The molecule has 9 heteroatoms. The van der Waals surface area contributed by atoms with Gasteiger partial charge in [0.2, 0.25) is 5.91 Å². The summed E-state index contributed by atoms with van der Waals surface area (Å²) in [5.41, 5.74) is 7.34. The fraction of sp³-hybridized carbons (Fsp3) is 0.211. The molecular weight excluding hydrogens is 400 g/mol. The second-order valence-corrected chi connectivity index (χ2v) is 7.44. The number of thiazole rings is 1. The van der Waals surface area contributed by atoms with Gasteiger partial charge in [-0.2, -0.15) is 0 Å². The number of amides is 2. The highest BCUT2D eigenvalue weighted by molar-refractivity contribution is 7.14. The molecule has 2 amide bonds. The van der Waals surface area contributed by atoms with Crippen molar-refractivity contribution in [3.8, 4) is 0 Å². The summed E-state index contributed by atoms with van der Waals surface area (Å²) in [6.07, 6.45) is 1.59. The lowest BCUT2D eigenvalue weighted by Gasteiger charge is -2.20. The van der Waals surface area contributed by atoms with Crippen molar-refractivity contribution in [2.45, 2.75) is 19.9 Å². The predicted molar refractivity (Wildman–Crippen MR) is 109 cm³/mol. The maximum absolute atomic E-state index is 12.9. The van der Waals surface area contributed by atoms with Crippen molar-refractivity contribution in [3.05, 3.63) is 64.0 Å². The number of benzene rings is 1. The van der Waals surface area contributed by atoms with Gasteiger partial charge >= 0.3 is 0 Å². The van der Waals surface area contributed by atoms with Crippen LogP contribution in [0.1, 0.15) is 28.2 Å². The molecule has 0 radical (unpaired) electrons. The number of nitrogens with two attached hydrogens (primary N) is 1. The quantitative estimate of drug-likeness (QED) is 0.576. The first kappa shape index (κ1) is 19.9. The lowest BCUT2D eigenvalue weighted by molar-refractivity contribution is -0.118. The maximum atomic E-state index is 12.9. The first-order valence-electron chi connectivity index (χ1n) is 8.51. The molecule has 2 aromatic heterocycles. The van der Waals surface area contributed by atoms with E-state index in [0.29, 0.717) is 15.9 Å². The van der Waals surface area contributed by atoms with E-state index in [1.54, 1.807) is 23.6 Å². The van der Waals surface area contributed by atoms with E-state index in [9.17, 15) is 9.59 Å². The fourth-order valence-corrected chi connectivity index (χ4v) is 3.39. The summed E-state index contributed by atoms with van der Waals surface area (Å²) >= 11 is 7.35. The number of anilines is 2. The molecule has 0 bridgehead atoms. The summed E-state index contributed by atoms with van der Waals surface area (Å²) in [4.78, 5) is 29.9. The van der Waals surface area contributed by atoms with Gasteiger partial charge in [-0.25, -0.2) is 4.98 Å². The molecule has 2 heterocycles. The zero-order valence-corrected chi connectivity index (χ0v) is 16.7. The van der Waals surface area contributed by atoms with Crippen molar-refractivity contribution in [1.82, 2.24) is 9.88 Å². The Morgan fingerprint density at radius 3 is 2.89 bits per heavy atom. The Kier molecular flexibility index (Phi) is 6.33. The normalized spacial score (nSPS) is 10.6. The van der Waals surface area contributed by atoms with Gasteiger partial charge in [0, 0.05) is 29.1 Å². The smallest absolute Gasteiger partial charge is 0.273 e. The van der Waals surface area contributed by atoms with Crippen molar-refractivity contribution in [2.24, 2.45) is 5.73 Å². The molecule has 0 saturated heterocycles. The minimum atomic E-state index is -0.477. The molecule has 1 aromatic carbocycles. The van der Waals surface area contributed by atoms with Gasteiger partial charge in [0.25, 0.3) is 5.91 Å². The van der Waals surface area contributed by atoms with Gasteiger partial charge in [0.05, 0.1) is 12.8 Å². The van der Waals surface area contributed by atoms with E-state index < -0.39 is 5.91 Å². The van der Waals surface area contributed by atoms with Crippen LogP contribution < -0.4 is 11.1 Å². The minimum absolute atomic E-state index is 0.0589. The van der Waals surface area contributed by atoms with Gasteiger partial charge in [-0.3, -0.25) is 9.59 Å². The van der Waals surface area contributed by atoms with Gasteiger partial charge in [0.15, 0.2) is 5.13 Å². The maximum Gasteiger partial charge on any atom is 0.273 e. The van der Waals surface area contributed by atoms with E-state index in [0.717, 1.165) is 11.3 Å². The summed E-state index contributed by atoms with van der Waals surface area (Å²) in [5.74, 6) is -0.167. The Balaban J connectivity index is 1.75. The summed E-state index contributed by atoms with van der Waals surface area (Å²) < 4.78 is 5.31. The number of nitrogens with one attached hydrogen (secondary N) is 1. The highest BCUT2D eigenvalue weighted by atomic mass is 35.5. The molecule has 7 nitrogen and oxygen atoms in total. The first-order valence-corrected chi connectivity index (χ1v) is 9.77. The second kappa shape index (κ2) is 8.90. The van der Waals surface area contributed by atoms with Gasteiger partial charge in [-0.15, -0.1) is 11.3 Å². The average Bonchev–Trinajstić information content (AvgIpc) is 3.33. The Morgan fingerprint density at radius 1 is 1.36 bits per heavy atom. The predicted octanol–water partition coefficient (Wildman–Crippen LogP) is 3.96. The lowest BCUT2D eigenvalue weighted by atomic mass is 10.2. The van der Waals surface area contributed by atoms with Crippen LogP contribution in [0.2, 0.25) is 5.02 Å². The highest BCUT2D eigenvalue weighted by Crippen LogP contribution is 2.26. The van der Waals surface area contributed by atoms with Crippen molar-refractivity contribution >= 4 is 45.6 Å². The number of primary amides is 1. The van der Waals surface area contributed by atoms with Gasteiger partial charge in [0.1, 0.15) is 11.5 Å². The number of hydrogen-bond donors (Lipinski definition) is 2. The van der Waals surface area contributed by atoms with Crippen molar-refractivity contribution in [2.75, 3.05) is 11.9 Å². The number of aryl methyl sites for hydroxylation is 1. The largest absolute Gasteiger partial charge is 0.467 e. The summed E-state index contributed by atoms with van der Waals surface area (Å²) in [7, 11) is 0. The van der Waals surface area contributed by atoms with Crippen LogP contribution in [0.3, 0.4) is 0 Å². The summed E-state index contributed by atoms with van der Waals surface area (Å²) in [6.45, 7) is 2.36. The molecule has 3 aromatic rings. The van der Waals surface area contributed by atoms with Crippen LogP contribution in [-0.4, -0.2) is 28.2 Å². The standard InChI is InChI=1S/C19H19ClN4O3S/c1-12-4-5-13(20)9-15(12)22-19-23-16(11-28-19)18(26)24(7-6-17(21)25)10-14-3-2-8-27-14/h2-5,8-9,11H,6-7,10H2,1H3,(H2,21,25)(H,22,23). The number of carbonyl (C=O) groups is 2. The number of aromatic nitrogens is 1. The lowest BCUT2D eigenvalue weighted by Crippen LogP contribution is -2.33. The van der Waals surface area contributed by atoms with Crippen molar-refractivity contribution in [3.63, 3.8) is 0 Å². The molecule has 3 N–H and O–H groups in total. The Labute approximate surface area is 171 Å². The number of halogens is 1. The van der Waals surface area contributed by atoms with Crippen LogP contribution in [0, 0.1) is 6.92 Å². The molecule has 0 aliphatic carbocycles. The Hall–Kier alpha value is -2.84. The van der Waals surface area contributed by atoms with Gasteiger partial charge in [-0.05, 0) is 36.8 Å². The van der Waals surface area contributed by atoms with Gasteiger partial charge < -0.3 is 20.4 Å². The molecular formula is C19H19ClN4O3S. The molecule has 146 valence electrons. The number of nitrogens with zero attached hydrogens (tertiary/aromatic N) is 2. The van der Waals surface area contributed by atoms with Gasteiger partial charge in [-0.1, -0.05) is 17.7 Å². The first-order chi connectivity index (χ1) is 13.4. The Morgan fingerprint density at radius 2 is 2.18 bits per heavy atom. The molecule has 0 aliphatic heterocycles. The third-order valence-electron chi connectivity index (χ3n) is 4.01. The highest BCUT2D eigenvalue weighted by Gasteiger charge is 2.21. The molecule has 0 saturated carbocycles. The van der Waals surface area contributed by atoms with E-state index in [-0.39, 0.29) is 31.1 Å². The molecule has 0 unspecified atom stereocenters. The van der Waals surface area contributed by atoms with Crippen molar-refractivity contribution < 1.29 is 14.0 Å².